The van der Waals surface area contributed by atoms with Crippen molar-refractivity contribution in [2.45, 2.75) is 6.92 Å². The van der Waals surface area contributed by atoms with E-state index in [0.717, 1.165) is 0 Å². The lowest BCUT2D eigenvalue weighted by atomic mass is 9.92. The number of benzene rings is 1. The summed E-state index contributed by atoms with van der Waals surface area (Å²) in [6, 6.07) is 8.75. The average Bonchev–Trinajstić information content (AvgIpc) is 3.03. The fourth-order valence-electron chi connectivity index (χ4n) is 2.65. The fraction of sp³-hybridized carbons (Fsp3) is 0.353. The Bertz CT molecular complexity index is 906. The van der Waals surface area contributed by atoms with Crippen LogP contribution in [0.25, 0.3) is 17.0 Å². The number of hydrogen-bond acceptors (Lipinski definition) is 6. The monoisotopic (exact) mass is 395 g/mol. The molecule has 0 radical (unpaired) electrons. The smallest absolute Gasteiger partial charge is 0.185 e. The Balaban J connectivity index is 2.00. The van der Waals surface area contributed by atoms with E-state index in [2.05, 4.69) is 15.3 Å². The molecule has 0 aliphatic heterocycles. The Morgan fingerprint density at radius 3 is 2.35 bits per heavy atom. The summed E-state index contributed by atoms with van der Waals surface area (Å²) in [4.78, 5) is 1.86. The molecule has 0 fully saturated rings. The zero-order chi connectivity index (χ0) is 18.9. The van der Waals surface area contributed by atoms with Gasteiger partial charge < -0.3 is 15.1 Å². The van der Waals surface area contributed by atoms with Gasteiger partial charge in [-0.2, -0.15) is 4.52 Å². The van der Waals surface area contributed by atoms with E-state index in [1.807, 2.05) is 18.0 Å². The summed E-state index contributed by atoms with van der Waals surface area (Å²) in [5.74, 6) is 1.17. The van der Waals surface area contributed by atoms with Crippen molar-refractivity contribution < 1.29 is 10.2 Å². The van der Waals surface area contributed by atoms with Gasteiger partial charge in [0.2, 0.25) is 0 Å². The molecule has 3 aromatic rings. The van der Waals surface area contributed by atoms with Gasteiger partial charge in [-0.15, -0.1) is 15.3 Å². The van der Waals surface area contributed by atoms with Crippen LogP contribution in [-0.2, 0) is 0 Å². The second-order valence-corrected chi connectivity index (χ2v) is 7.50. The van der Waals surface area contributed by atoms with Gasteiger partial charge in [-0.3, -0.25) is 0 Å². The SMILES string of the molecule is CN(CC(C)(CO)CO)c1ccc2nnc(-c3cc(Cl)cc(Cl)c3)n2n1. The van der Waals surface area contributed by atoms with E-state index in [9.17, 15) is 10.2 Å². The quantitative estimate of drug-likeness (QED) is 0.666. The molecule has 3 rings (SSSR count). The molecule has 2 aromatic heterocycles. The van der Waals surface area contributed by atoms with Gasteiger partial charge in [0.1, 0.15) is 5.82 Å². The second kappa shape index (κ2) is 7.36. The minimum Gasteiger partial charge on any atom is -0.396 e. The van der Waals surface area contributed by atoms with Crippen molar-refractivity contribution >= 4 is 34.7 Å². The van der Waals surface area contributed by atoms with E-state index in [1.54, 1.807) is 35.7 Å². The highest BCUT2D eigenvalue weighted by atomic mass is 35.5. The zero-order valence-electron chi connectivity index (χ0n) is 14.4. The first-order valence-corrected chi connectivity index (χ1v) is 8.72. The largest absolute Gasteiger partial charge is 0.396 e. The number of anilines is 1. The van der Waals surface area contributed by atoms with Crippen LogP contribution >= 0.6 is 23.2 Å². The van der Waals surface area contributed by atoms with Crippen molar-refractivity contribution in [2.75, 3.05) is 31.7 Å². The van der Waals surface area contributed by atoms with Gasteiger partial charge in [-0.05, 0) is 30.3 Å². The van der Waals surface area contributed by atoms with Crippen LogP contribution < -0.4 is 4.90 Å². The first-order chi connectivity index (χ1) is 12.3. The summed E-state index contributed by atoms with van der Waals surface area (Å²) in [5, 5.41) is 32.9. The minimum atomic E-state index is -0.637. The topological polar surface area (TPSA) is 86.8 Å². The van der Waals surface area contributed by atoms with Crippen LogP contribution in [0.5, 0.6) is 0 Å². The second-order valence-electron chi connectivity index (χ2n) is 6.63. The van der Waals surface area contributed by atoms with Crippen LogP contribution in [0.2, 0.25) is 10.0 Å². The molecule has 2 N–H and O–H groups in total. The van der Waals surface area contributed by atoms with Gasteiger partial charge in [0.25, 0.3) is 0 Å². The number of fused-ring (bicyclic) bond motifs is 1. The maximum Gasteiger partial charge on any atom is 0.185 e. The molecule has 1 aromatic carbocycles. The van der Waals surface area contributed by atoms with Crippen molar-refractivity contribution in [1.82, 2.24) is 19.8 Å². The van der Waals surface area contributed by atoms with Crippen LogP contribution in [0.4, 0.5) is 5.82 Å². The molecule has 26 heavy (non-hydrogen) atoms. The van der Waals surface area contributed by atoms with Crippen LogP contribution in [0.1, 0.15) is 6.92 Å². The Kier molecular flexibility index (Phi) is 5.34. The maximum atomic E-state index is 9.51. The summed E-state index contributed by atoms with van der Waals surface area (Å²) in [6.45, 7) is 1.98. The van der Waals surface area contributed by atoms with Crippen LogP contribution in [0, 0.1) is 5.41 Å². The van der Waals surface area contributed by atoms with Gasteiger partial charge in [0.05, 0.1) is 13.2 Å². The number of hydrogen-bond donors (Lipinski definition) is 2. The molecule has 0 saturated carbocycles. The maximum absolute atomic E-state index is 9.51. The lowest BCUT2D eigenvalue weighted by molar-refractivity contribution is 0.0761. The lowest BCUT2D eigenvalue weighted by Crippen LogP contribution is -2.39. The molecule has 0 unspecified atom stereocenters. The van der Waals surface area contributed by atoms with E-state index in [4.69, 9.17) is 23.2 Å². The highest BCUT2D eigenvalue weighted by Gasteiger charge is 2.25. The summed E-state index contributed by atoms with van der Waals surface area (Å²) >= 11 is 12.2. The third-order valence-corrected chi connectivity index (χ3v) is 4.58. The number of halogens is 2. The molecule has 138 valence electrons. The summed E-state index contributed by atoms with van der Waals surface area (Å²) in [7, 11) is 1.85. The summed E-state index contributed by atoms with van der Waals surface area (Å²) < 4.78 is 1.61. The van der Waals surface area contributed by atoms with Crippen molar-refractivity contribution in [3.05, 3.63) is 40.4 Å². The molecule has 7 nitrogen and oxygen atoms in total. The molecule has 0 bridgehead atoms. The molecular formula is C17H19Cl2N5O2. The molecule has 0 spiro atoms. The van der Waals surface area contributed by atoms with E-state index >= 15 is 0 Å². The van der Waals surface area contributed by atoms with Gasteiger partial charge >= 0.3 is 0 Å². The van der Waals surface area contributed by atoms with Gasteiger partial charge in [0, 0.05) is 34.6 Å². The first kappa shape index (κ1) is 18.8. The zero-order valence-corrected chi connectivity index (χ0v) is 15.9. The van der Waals surface area contributed by atoms with Crippen molar-refractivity contribution in [2.24, 2.45) is 5.41 Å². The molecule has 0 saturated heterocycles. The number of aliphatic hydroxyl groups is 2. The van der Waals surface area contributed by atoms with Crippen LogP contribution in [0.3, 0.4) is 0 Å². The first-order valence-electron chi connectivity index (χ1n) is 7.97. The Hall–Kier alpha value is -1.93. The van der Waals surface area contributed by atoms with E-state index in [-0.39, 0.29) is 13.2 Å². The molecule has 0 amide bonds. The lowest BCUT2D eigenvalue weighted by Gasteiger charge is -2.30. The van der Waals surface area contributed by atoms with Crippen molar-refractivity contribution in [3.63, 3.8) is 0 Å². The summed E-state index contributed by atoms with van der Waals surface area (Å²) in [6.07, 6.45) is 0. The highest BCUT2D eigenvalue weighted by molar-refractivity contribution is 6.35. The van der Waals surface area contributed by atoms with Crippen LogP contribution in [-0.4, -0.2) is 56.8 Å². The Morgan fingerprint density at radius 2 is 1.73 bits per heavy atom. The van der Waals surface area contributed by atoms with E-state index < -0.39 is 5.41 Å². The number of aliphatic hydroxyl groups excluding tert-OH is 2. The molecule has 2 heterocycles. The number of aromatic nitrogens is 4. The predicted octanol–water partition coefficient (Wildman–Crippen LogP) is 2.53. The minimum absolute atomic E-state index is 0.130. The summed E-state index contributed by atoms with van der Waals surface area (Å²) in [5.41, 5.74) is 0.653. The number of rotatable bonds is 6. The van der Waals surface area contributed by atoms with Crippen molar-refractivity contribution in [3.8, 4) is 11.4 Å². The Labute approximate surface area is 160 Å². The predicted molar refractivity (Wildman–Crippen MR) is 102 cm³/mol. The normalized spacial score (nSPS) is 11.9. The van der Waals surface area contributed by atoms with Crippen LogP contribution in [0.15, 0.2) is 30.3 Å². The molecule has 0 atom stereocenters. The van der Waals surface area contributed by atoms with Gasteiger partial charge in [-0.1, -0.05) is 30.1 Å². The average molecular weight is 396 g/mol. The molecular weight excluding hydrogens is 377 g/mol. The highest BCUT2D eigenvalue weighted by Crippen LogP contribution is 2.27. The standard InChI is InChI=1S/C17H19Cl2N5O2/c1-17(9-25,10-26)8-23(2)15-4-3-14-20-21-16(24(14)22-15)11-5-12(18)7-13(19)6-11/h3-7,25-26H,8-10H2,1-2H3. The Morgan fingerprint density at radius 1 is 1.08 bits per heavy atom. The molecule has 0 aliphatic carbocycles. The van der Waals surface area contributed by atoms with E-state index in [1.165, 1.54) is 0 Å². The molecule has 9 heteroatoms. The van der Waals surface area contributed by atoms with Crippen molar-refractivity contribution in [1.29, 1.82) is 0 Å². The third-order valence-electron chi connectivity index (χ3n) is 4.14. The molecule has 0 aliphatic rings. The third kappa shape index (κ3) is 3.76. The van der Waals surface area contributed by atoms with Gasteiger partial charge in [-0.25, -0.2) is 0 Å². The van der Waals surface area contributed by atoms with Gasteiger partial charge in [0.15, 0.2) is 11.5 Å². The van der Waals surface area contributed by atoms with E-state index in [0.29, 0.717) is 39.4 Å². The number of nitrogens with zero attached hydrogens (tertiary/aromatic N) is 5. The fourth-order valence-corrected chi connectivity index (χ4v) is 3.18.